The molecule has 2 rings (SSSR count). The lowest BCUT2D eigenvalue weighted by Crippen LogP contribution is -2.29. The Morgan fingerprint density at radius 1 is 1.12 bits per heavy atom. The predicted octanol–water partition coefficient (Wildman–Crippen LogP) is 1.89. The minimum absolute atomic E-state index is 0.0152. The molecule has 88 valence electrons. The fourth-order valence-corrected chi connectivity index (χ4v) is 1.68. The Morgan fingerprint density at radius 2 is 1.76 bits per heavy atom. The van der Waals surface area contributed by atoms with Gasteiger partial charge in [0.1, 0.15) is 5.02 Å². The molecule has 0 radical (unpaired) electrons. The Labute approximate surface area is 106 Å². The summed E-state index contributed by atoms with van der Waals surface area (Å²) < 4.78 is 1.33. The van der Waals surface area contributed by atoms with Gasteiger partial charge in [0.25, 0.3) is 5.56 Å². The first-order valence-electron chi connectivity index (χ1n) is 4.80. The first-order chi connectivity index (χ1) is 8.06. The van der Waals surface area contributed by atoms with E-state index in [0.29, 0.717) is 11.6 Å². The second kappa shape index (κ2) is 4.77. The third kappa shape index (κ3) is 2.78. The number of nitrogens with zero attached hydrogens (tertiary/aromatic N) is 1. The average Bonchev–Trinajstić information content (AvgIpc) is 2.29. The van der Waals surface area contributed by atoms with E-state index in [2.05, 4.69) is 4.98 Å². The molecule has 0 atom stereocenters. The van der Waals surface area contributed by atoms with Crippen molar-refractivity contribution in [2.75, 3.05) is 0 Å². The van der Waals surface area contributed by atoms with Crippen LogP contribution >= 0.6 is 23.2 Å². The lowest BCUT2D eigenvalue weighted by molar-refractivity contribution is 0.721. The minimum atomic E-state index is -0.580. The molecule has 0 saturated heterocycles. The van der Waals surface area contributed by atoms with Gasteiger partial charge < -0.3 is 0 Å². The summed E-state index contributed by atoms with van der Waals surface area (Å²) in [7, 11) is 0. The van der Waals surface area contributed by atoms with E-state index in [9.17, 15) is 9.59 Å². The highest BCUT2D eigenvalue weighted by Gasteiger charge is 2.03. The van der Waals surface area contributed by atoms with Crippen LogP contribution in [0.15, 0.2) is 40.1 Å². The molecule has 0 bridgehead atoms. The van der Waals surface area contributed by atoms with Crippen LogP contribution in [-0.2, 0) is 6.54 Å². The molecule has 0 unspecified atom stereocenters. The van der Waals surface area contributed by atoms with Crippen molar-refractivity contribution in [3.05, 3.63) is 66.9 Å². The first kappa shape index (κ1) is 12.0. The SMILES string of the molecule is O=c1[nH]c(=O)n(Cc2ccc(Cl)cc2)cc1Cl. The van der Waals surface area contributed by atoms with Crippen LogP contribution in [0.1, 0.15) is 5.56 Å². The number of rotatable bonds is 2. The van der Waals surface area contributed by atoms with Gasteiger partial charge in [0.2, 0.25) is 0 Å². The number of nitrogens with one attached hydrogen (secondary N) is 1. The molecular weight excluding hydrogens is 263 g/mol. The lowest BCUT2D eigenvalue weighted by atomic mass is 10.2. The third-order valence-corrected chi connectivity index (χ3v) is 2.75. The third-order valence-electron chi connectivity index (χ3n) is 2.23. The lowest BCUT2D eigenvalue weighted by Gasteiger charge is -2.05. The standard InChI is InChI=1S/C11H8Cl2N2O2/c12-8-3-1-7(2-4-8)5-15-6-9(13)10(16)14-11(15)17/h1-4,6H,5H2,(H,14,16,17). The van der Waals surface area contributed by atoms with Gasteiger partial charge in [-0.2, -0.15) is 0 Å². The molecule has 17 heavy (non-hydrogen) atoms. The number of halogens is 2. The Bertz CT molecular complexity index is 644. The van der Waals surface area contributed by atoms with E-state index in [1.165, 1.54) is 10.8 Å². The molecule has 0 spiro atoms. The van der Waals surface area contributed by atoms with E-state index in [0.717, 1.165) is 5.56 Å². The minimum Gasteiger partial charge on any atom is -0.295 e. The van der Waals surface area contributed by atoms with Gasteiger partial charge in [0.15, 0.2) is 0 Å². The summed E-state index contributed by atoms with van der Waals surface area (Å²) in [6.07, 6.45) is 1.32. The van der Waals surface area contributed by atoms with E-state index >= 15 is 0 Å². The van der Waals surface area contributed by atoms with Crippen LogP contribution in [0.2, 0.25) is 10.0 Å². The molecule has 1 N–H and O–H groups in total. The van der Waals surface area contributed by atoms with Gasteiger partial charge in [0, 0.05) is 11.2 Å². The van der Waals surface area contributed by atoms with Crippen molar-refractivity contribution < 1.29 is 0 Å². The molecule has 6 heteroatoms. The molecule has 0 amide bonds. The summed E-state index contributed by atoms with van der Waals surface area (Å²) in [5.74, 6) is 0. The summed E-state index contributed by atoms with van der Waals surface area (Å²) in [5.41, 5.74) is -0.182. The number of aromatic amines is 1. The molecule has 0 aliphatic carbocycles. The number of aromatic nitrogens is 2. The number of hydrogen-bond donors (Lipinski definition) is 1. The van der Waals surface area contributed by atoms with Crippen LogP contribution in [0.3, 0.4) is 0 Å². The maximum atomic E-state index is 11.5. The summed E-state index contributed by atoms with van der Waals surface area (Å²) >= 11 is 11.4. The van der Waals surface area contributed by atoms with Crippen molar-refractivity contribution in [1.29, 1.82) is 0 Å². The van der Waals surface area contributed by atoms with Gasteiger partial charge >= 0.3 is 5.69 Å². The van der Waals surface area contributed by atoms with Gasteiger partial charge in [-0.25, -0.2) is 4.79 Å². The van der Waals surface area contributed by atoms with Crippen molar-refractivity contribution in [3.8, 4) is 0 Å². The molecule has 0 aliphatic heterocycles. The van der Waals surface area contributed by atoms with Gasteiger partial charge in [0.05, 0.1) is 6.54 Å². The van der Waals surface area contributed by atoms with Crippen molar-refractivity contribution in [2.45, 2.75) is 6.54 Å². The zero-order valence-corrected chi connectivity index (χ0v) is 10.1. The van der Waals surface area contributed by atoms with Crippen LogP contribution in [-0.4, -0.2) is 9.55 Å². The van der Waals surface area contributed by atoms with Crippen LogP contribution in [0.5, 0.6) is 0 Å². The molecular formula is C11H8Cl2N2O2. The van der Waals surface area contributed by atoms with Crippen LogP contribution in [0.4, 0.5) is 0 Å². The largest absolute Gasteiger partial charge is 0.328 e. The summed E-state index contributed by atoms with van der Waals surface area (Å²) in [6.45, 7) is 0.326. The highest BCUT2D eigenvalue weighted by molar-refractivity contribution is 6.30. The maximum absolute atomic E-state index is 11.5. The number of hydrogen-bond acceptors (Lipinski definition) is 2. The normalized spacial score (nSPS) is 10.5. The van der Waals surface area contributed by atoms with E-state index in [1.54, 1.807) is 24.3 Å². The second-order valence-electron chi connectivity index (χ2n) is 3.49. The molecule has 1 aromatic carbocycles. The maximum Gasteiger partial charge on any atom is 0.328 e. The molecule has 0 saturated carbocycles. The summed E-state index contributed by atoms with van der Waals surface area (Å²) in [6, 6.07) is 7.06. The fourth-order valence-electron chi connectivity index (χ4n) is 1.39. The fraction of sp³-hybridized carbons (Fsp3) is 0.0909. The Kier molecular flexibility index (Phi) is 3.36. The van der Waals surface area contributed by atoms with Crippen molar-refractivity contribution in [2.24, 2.45) is 0 Å². The zero-order chi connectivity index (χ0) is 12.4. The molecule has 1 aromatic heterocycles. The van der Waals surface area contributed by atoms with E-state index in [4.69, 9.17) is 23.2 Å². The average molecular weight is 271 g/mol. The smallest absolute Gasteiger partial charge is 0.295 e. The van der Waals surface area contributed by atoms with Gasteiger partial charge in [-0.1, -0.05) is 35.3 Å². The van der Waals surface area contributed by atoms with E-state index in [1.807, 2.05) is 0 Å². The summed E-state index contributed by atoms with van der Waals surface area (Å²) in [5, 5.41) is 0.610. The predicted molar refractivity (Wildman–Crippen MR) is 66.9 cm³/mol. The zero-order valence-electron chi connectivity index (χ0n) is 8.61. The van der Waals surface area contributed by atoms with Gasteiger partial charge in [-0.15, -0.1) is 0 Å². The van der Waals surface area contributed by atoms with Crippen LogP contribution in [0.25, 0.3) is 0 Å². The highest BCUT2D eigenvalue weighted by atomic mass is 35.5. The number of H-pyrrole nitrogens is 1. The monoisotopic (exact) mass is 270 g/mol. The van der Waals surface area contributed by atoms with E-state index in [-0.39, 0.29) is 5.02 Å². The van der Waals surface area contributed by atoms with Crippen molar-refractivity contribution in [3.63, 3.8) is 0 Å². The van der Waals surface area contributed by atoms with Gasteiger partial charge in [-0.05, 0) is 17.7 Å². The van der Waals surface area contributed by atoms with Crippen LogP contribution in [0, 0.1) is 0 Å². The molecule has 0 aliphatic rings. The molecule has 4 nitrogen and oxygen atoms in total. The Balaban J connectivity index is 2.36. The molecule has 2 aromatic rings. The van der Waals surface area contributed by atoms with E-state index < -0.39 is 11.2 Å². The van der Waals surface area contributed by atoms with Crippen LogP contribution < -0.4 is 11.2 Å². The highest BCUT2D eigenvalue weighted by Crippen LogP contribution is 2.10. The first-order valence-corrected chi connectivity index (χ1v) is 5.55. The Hall–Kier alpha value is -1.52. The van der Waals surface area contributed by atoms with Crippen molar-refractivity contribution >= 4 is 23.2 Å². The second-order valence-corrected chi connectivity index (χ2v) is 4.33. The molecule has 1 heterocycles. The van der Waals surface area contributed by atoms with Crippen molar-refractivity contribution in [1.82, 2.24) is 9.55 Å². The summed E-state index contributed by atoms with van der Waals surface area (Å²) in [4.78, 5) is 24.7. The quantitative estimate of drug-likeness (QED) is 0.906. The number of benzene rings is 1. The van der Waals surface area contributed by atoms with Gasteiger partial charge in [-0.3, -0.25) is 14.3 Å². The Morgan fingerprint density at radius 3 is 2.41 bits per heavy atom. The topological polar surface area (TPSA) is 54.9 Å². The molecule has 0 fully saturated rings.